The van der Waals surface area contributed by atoms with Gasteiger partial charge in [0.1, 0.15) is 5.75 Å². The van der Waals surface area contributed by atoms with Crippen molar-refractivity contribution in [3.05, 3.63) is 72.3 Å². The summed E-state index contributed by atoms with van der Waals surface area (Å²) < 4.78 is 5.66. The van der Waals surface area contributed by atoms with Crippen LogP contribution in [0.2, 0.25) is 0 Å². The number of aryl methyl sites for hydroxylation is 1. The third-order valence-corrected chi connectivity index (χ3v) is 4.01. The van der Waals surface area contributed by atoms with E-state index in [9.17, 15) is 9.59 Å². The molecule has 0 aromatic heterocycles. The fraction of sp³-hybridized carbons (Fsp3) is 0.143. The Bertz CT molecular complexity index is 954. The highest BCUT2D eigenvalue weighted by Gasteiger charge is 2.15. The van der Waals surface area contributed by atoms with Crippen LogP contribution in [0.3, 0.4) is 0 Å². The lowest BCUT2D eigenvalue weighted by molar-refractivity contribution is -0.127. The minimum atomic E-state index is -0.772. The van der Waals surface area contributed by atoms with E-state index in [4.69, 9.17) is 4.74 Å². The van der Waals surface area contributed by atoms with E-state index >= 15 is 0 Å². The predicted molar refractivity (Wildman–Crippen MR) is 106 cm³/mol. The van der Waals surface area contributed by atoms with Crippen molar-refractivity contribution in [3.8, 4) is 5.75 Å². The first-order valence-corrected chi connectivity index (χ1v) is 8.60. The summed E-state index contributed by atoms with van der Waals surface area (Å²) in [5.74, 6) is 0.127. The highest BCUT2D eigenvalue weighted by Crippen LogP contribution is 2.21. The number of urea groups is 1. The Hall–Kier alpha value is -3.54. The van der Waals surface area contributed by atoms with E-state index in [1.54, 1.807) is 19.1 Å². The van der Waals surface area contributed by atoms with Gasteiger partial charge in [-0.05, 0) is 48.9 Å². The zero-order valence-corrected chi connectivity index (χ0v) is 15.2. The molecule has 0 spiro atoms. The molecule has 1 unspecified atom stereocenters. The Balaban J connectivity index is 1.50. The molecule has 0 saturated carbocycles. The molecule has 27 heavy (non-hydrogen) atoms. The standard InChI is InChI=1S/C21H21N3O3/c1-14-7-10-18(11-8-14)22-21(26)24-23-20(25)15(2)27-19-12-9-16-5-3-4-6-17(16)13-19/h3-13,15H,1-2H3,(H,23,25)(H2,22,24,26). The Morgan fingerprint density at radius 3 is 2.33 bits per heavy atom. The second-order valence-corrected chi connectivity index (χ2v) is 6.20. The molecule has 0 aliphatic rings. The fourth-order valence-corrected chi connectivity index (χ4v) is 2.52. The number of fused-ring (bicyclic) bond motifs is 1. The van der Waals surface area contributed by atoms with E-state index in [-0.39, 0.29) is 0 Å². The maximum Gasteiger partial charge on any atom is 0.337 e. The van der Waals surface area contributed by atoms with Crippen molar-refractivity contribution in [1.82, 2.24) is 10.9 Å². The van der Waals surface area contributed by atoms with E-state index in [1.165, 1.54) is 0 Å². The molecule has 0 heterocycles. The maximum absolute atomic E-state index is 12.1. The number of nitrogens with one attached hydrogen (secondary N) is 3. The van der Waals surface area contributed by atoms with Crippen LogP contribution < -0.4 is 20.9 Å². The molecule has 3 N–H and O–H groups in total. The van der Waals surface area contributed by atoms with Crippen molar-refractivity contribution in [2.45, 2.75) is 20.0 Å². The number of benzene rings is 3. The van der Waals surface area contributed by atoms with Gasteiger partial charge < -0.3 is 10.1 Å². The topological polar surface area (TPSA) is 79.5 Å². The Labute approximate surface area is 157 Å². The van der Waals surface area contributed by atoms with Gasteiger partial charge in [0.15, 0.2) is 6.10 Å². The van der Waals surface area contributed by atoms with Crippen LogP contribution in [0.1, 0.15) is 12.5 Å². The number of amides is 3. The molecule has 6 nitrogen and oxygen atoms in total. The third-order valence-electron chi connectivity index (χ3n) is 4.01. The zero-order chi connectivity index (χ0) is 19.2. The molecular weight excluding hydrogens is 342 g/mol. The predicted octanol–water partition coefficient (Wildman–Crippen LogP) is 3.77. The molecule has 0 aliphatic heterocycles. The van der Waals surface area contributed by atoms with Crippen LogP contribution in [0, 0.1) is 6.92 Å². The van der Waals surface area contributed by atoms with Crippen molar-refractivity contribution in [3.63, 3.8) is 0 Å². The zero-order valence-electron chi connectivity index (χ0n) is 15.2. The minimum absolute atomic E-state index is 0.456. The molecular formula is C21H21N3O3. The smallest absolute Gasteiger partial charge is 0.337 e. The van der Waals surface area contributed by atoms with Gasteiger partial charge in [-0.15, -0.1) is 0 Å². The van der Waals surface area contributed by atoms with Crippen LogP contribution in [0.15, 0.2) is 66.7 Å². The summed E-state index contributed by atoms with van der Waals surface area (Å²) in [6.45, 7) is 3.57. The molecule has 3 amide bonds. The fourth-order valence-electron chi connectivity index (χ4n) is 2.52. The number of hydrogen-bond donors (Lipinski definition) is 3. The van der Waals surface area contributed by atoms with Crippen LogP contribution in [-0.4, -0.2) is 18.0 Å². The SMILES string of the molecule is Cc1ccc(NC(=O)NNC(=O)C(C)Oc2ccc3ccccc3c2)cc1. The summed E-state index contributed by atoms with van der Waals surface area (Å²) in [5, 5.41) is 4.75. The van der Waals surface area contributed by atoms with E-state index in [1.807, 2.05) is 61.5 Å². The number of ether oxygens (including phenoxy) is 1. The number of anilines is 1. The van der Waals surface area contributed by atoms with Gasteiger partial charge in [0.25, 0.3) is 5.91 Å². The third kappa shape index (κ3) is 4.98. The Morgan fingerprint density at radius 2 is 1.59 bits per heavy atom. The van der Waals surface area contributed by atoms with Gasteiger partial charge in [-0.25, -0.2) is 10.2 Å². The number of carbonyl (C=O) groups excluding carboxylic acids is 2. The molecule has 0 saturated heterocycles. The lowest BCUT2D eigenvalue weighted by Crippen LogP contribution is -2.48. The molecule has 1 atom stereocenters. The number of hydrogen-bond acceptors (Lipinski definition) is 3. The van der Waals surface area contributed by atoms with Crippen LogP contribution >= 0.6 is 0 Å². The Kier molecular flexibility index (Phi) is 5.56. The summed E-state index contributed by atoms with van der Waals surface area (Å²) in [6.07, 6.45) is -0.772. The van der Waals surface area contributed by atoms with Crippen molar-refractivity contribution in [2.24, 2.45) is 0 Å². The van der Waals surface area contributed by atoms with Gasteiger partial charge in [0, 0.05) is 5.69 Å². The molecule has 3 aromatic rings. The number of rotatable bonds is 4. The second-order valence-electron chi connectivity index (χ2n) is 6.20. The van der Waals surface area contributed by atoms with Gasteiger partial charge >= 0.3 is 6.03 Å². The van der Waals surface area contributed by atoms with E-state index in [0.717, 1.165) is 16.3 Å². The van der Waals surface area contributed by atoms with Crippen molar-refractivity contribution >= 4 is 28.4 Å². The van der Waals surface area contributed by atoms with Gasteiger partial charge in [-0.2, -0.15) is 0 Å². The lowest BCUT2D eigenvalue weighted by Gasteiger charge is -2.16. The number of carbonyl (C=O) groups is 2. The van der Waals surface area contributed by atoms with Crippen LogP contribution in [0.5, 0.6) is 5.75 Å². The first-order valence-electron chi connectivity index (χ1n) is 8.60. The van der Waals surface area contributed by atoms with Gasteiger partial charge in [0.05, 0.1) is 0 Å². The van der Waals surface area contributed by atoms with Crippen molar-refractivity contribution < 1.29 is 14.3 Å². The largest absolute Gasteiger partial charge is 0.481 e. The molecule has 3 aromatic carbocycles. The van der Waals surface area contributed by atoms with Crippen molar-refractivity contribution in [2.75, 3.05) is 5.32 Å². The summed E-state index contributed by atoms with van der Waals surface area (Å²) in [5.41, 5.74) is 6.38. The van der Waals surface area contributed by atoms with E-state index in [0.29, 0.717) is 11.4 Å². The normalized spacial score (nSPS) is 11.5. The average Bonchev–Trinajstić information content (AvgIpc) is 2.67. The molecule has 0 bridgehead atoms. The van der Waals surface area contributed by atoms with Crippen LogP contribution in [0.4, 0.5) is 10.5 Å². The monoisotopic (exact) mass is 363 g/mol. The first-order chi connectivity index (χ1) is 13.0. The molecule has 3 rings (SSSR count). The first kappa shape index (κ1) is 18.3. The van der Waals surface area contributed by atoms with E-state index < -0.39 is 18.0 Å². The minimum Gasteiger partial charge on any atom is -0.481 e. The van der Waals surface area contributed by atoms with Crippen molar-refractivity contribution in [1.29, 1.82) is 0 Å². The molecule has 0 radical (unpaired) electrons. The Morgan fingerprint density at radius 1 is 0.889 bits per heavy atom. The molecule has 6 heteroatoms. The quantitative estimate of drug-likeness (QED) is 0.618. The average molecular weight is 363 g/mol. The number of hydrazine groups is 1. The van der Waals surface area contributed by atoms with Crippen LogP contribution in [0.25, 0.3) is 10.8 Å². The molecule has 0 fully saturated rings. The summed E-state index contributed by atoms with van der Waals surface area (Å²) in [4.78, 5) is 24.0. The molecule has 138 valence electrons. The summed E-state index contributed by atoms with van der Waals surface area (Å²) in [7, 11) is 0. The van der Waals surface area contributed by atoms with Gasteiger partial charge in [-0.3, -0.25) is 10.2 Å². The lowest BCUT2D eigenvalue weighted by atomic mass is 10.1. The molecule has 0 aliphatic carbocycles. The second kappa shape index (κ2) is 8.23. The highest BCUT2D eigenvalue weighted by molar-refractivity contribution is 5.91. The highest BCUT2D eigenvalue weighted by atomic mass is 16.5. The van der Waals surface area contributed by atoms with Gasteiger partial charge in [-0.1, -0.05) is 48.0 Å². The summed E-state index contributed by atoms with van der Waals surface area (Å²) >= 11 is 0. The summed E-state index contributed by atoms with van der Waals surface area (Å²) in [6, 6.07) is 20.3. The van der Waals surface area contributed by atoms with E-state index in [2.05, 4.69) is 16.2 Å². The van der Waals surface area contributed by atoms with Gasteiger partial charge in [0.2, 0.25) is 0 Å². The van der Waals surface area contributed by atoms with Crippen LogP contribution in [-0.2, 0) is 4.79 Å². The maximum atomic E-state index is 12.1.